The number of carbonyl (C=O) groups is 1. The molecule has 0 aromatic carbocycles. The number of carboxylic acids is 1. The zero-order valence-electron chi connectivity index (χ0n) is 6.14. The third kappa shape index (κ3) is 2.01. The van der Waals surface area contributed by atoms with Gasteiger partial charge in [-0.25, -0.2) is 10.2 Å². The van der Waals surface area contributed by atoms with E-state index < -0.39 is 5.97 Å². The van der Waals surface area contributed by atoms with E-state index in [1.54, 1.807) is 0 Å². The van der Waals surface area contributed by atoms with Gasteiger partial charge in [-0.1, -0.05) is 5.10 Å². The standard InChI is InChI=1S/C4H6N6O2/c1-2(3(11)12)5-6-4-7-9-10-8-4/h1H3,(H,11,12)(H2,6,7,8,9,10)/b5-2+. The summed E-state index contributed by atoms with van der Waals surface area (Å²) in [6.45, 7) is 1.34. The minimum atomic E-state index is -1.11. The molecule has 0 unspecified atom stereocenters. The maximum Gasteiger partial charge on any atom is 0.351 e. The van der Waals surface area contributed by atoms with Crippen molar-refractivity contribution in [1.82, 2.24) is 20.6 Å². The Hall–Kier alpha value is -1.99. The van der Waals surface area contributed by atoms with E-state index in [1.807, 2.05) is 0 Å². The molecule has 64 valence electrons. The lowest BCUT2D eigenvalue weighted by Crippen LogP contribution is -2.10. The molecule has 0 spiro atoms. The number of aromatic nitrogens is 4. The number of nitrogens with one attached hydrogen (secondary N) is 2. The van der Waals surface area contributed by atoms with E-state index in [2.05, 4.69) is 31.2 Å². The largest absolute Gasteiger partial charge is 0.477 e. The molecule has 1 aromatic heterocycles. The van der Waals surface area contributed by atoms with Crippen LogP contribution in [0.1, 0.15) is 6.92 Å². The first-order valence-electron chi connectivity index (χ1n) is 2.97. The average Bonchev–Trinajstić information content (AvgIpc) is 2.51. The normalized spacial score (nSPS) is 11.2. The Balaban J connectivity index is 2.55. The van der Waals surface area contributed by atoms with Gasteiger partial charge in [0.25, 0.3) is 5.95 Å². The first kappa shape index (κ1) is 8.11. The van der Waals surface area contributed by atoms with Crippen molar-refractivity contribution in [2.24, 2.45) is 5.10 Å². The van der Waals surface area contributed by atoms with Crippen LogP contribution in [-0.4, -0.2) is 37.4 Å². The van der Waals surface area contributed by atoms with Gasteiger partial charge in [0.1, 0.15) is 5.71 Å². The summed E-state index contributed by atoms with van der Waals surface area (Å²) in [5.41, 5.74) is 2.21. The minimum absolute atomic E-state index is 0.0835. The van der Waals surface area contributed by atoms with Crippen molar-refractivity contribution in [3.63, 3.8) is 0 Å². The van der Waals surface area contributed by atoms with Crippen molar-refractivity contribution >= 4 is 17.6 Å². The number of hydrogen-bond donors (Lipinski definition) is 3. The summed E-state index contributed by atoms with van der Waals surface area (Å²) in [6.07, 6.45) is 0. The third-order valence-electron chi connectivity index (χ3n) is 0.978. The summed E-state index contributed by atoms with van der Waals surface area (Å²) in [6, 6.07) is 0. The molecule has 3 N–H and O–H groups in total. The lowest BCUT2D eigenvalue weighted by molar-refractivity contribution is -0.129. The lowest BCUT2D eigenvalue weighted by Gasteiger charge is -1.91. The Bertz CT molecular complexity index is 291. The van der Waals surface area contributed by atoms with Crippen molar-refractivity contribution in [1.29, 1.82) is 0 Å². The van der Waals surface area contributed by atoms with Crippen LogP contribution >= 0.6 is 0 Å². The molecule has 0 radical (unpaired) electrons. The quantitative estimate of drug-likeness (QED) is 0.398. The van der Waals surface area contributed by atoms with Crippen molar-refractivity contribution < 1.29 is 9.90 Å². The fourth-order valence-corrected chi connectivity index (χ4v) is 0.391. The topological polar surface area (TPSA) is 116 Å². The van der Waals surface area contributed by atoms with Gasteiger partial charge in [0.05, 0.1) is 0 Å². The molecule has 1 heterocycles. The smallest absolute Gasteiger partial charge is 0.351 e. The van der Waals surface area contributed by atoms with E-state index in [1.165, 1.54) is 6.92 Å². The number of rotatable bonds is 3. The molecule has 0 atom stereocenters. The van der Waals surface area contributed by atoms with Gasteiger partial charge in [-0.05, 0) is 12.1 Å². The summed E-state index contributed by atoms with van der Waals surface area (Å²) in [4.78, 5) is 10.2. The van der Waals surface area contributed by atoms with Crippen LogP contribution < -0.4 is 5.43 Å². The van der Waals surface area contributed by atoms with Crippen molar-refractivity contribution in [3.8, 4) is 0 Å². The van der Waals surface area contributed by atoms with Gasteiger partial charge in [-0.3, -0.25) is 0 Å². The molecule has 0 aliphatic heterocycles. The monoisotopic (exact) mass is 170 g/mol. The van der Waals surface area contributed by atoms with Crippen molar-refractivity contribution in [2.45, 2.75) is 6.92 Å². The zero-order chi connectivity index (χ0) is 8.97. The fraction of sp³-hybridized carbons (Fsp3) is 0.250. The summed E-state index contributed by atoms with van der Waals surface area (Å²) < 4.78 is 0. The van der Waals surface area contributed by atoms with Gasteiger partial charge in [-0.2, -0.15) is 10.3 Å². The van der Waals surface area contributed by atoms with Crippen LogP contribution in [0.2, 0.25) is 0 Å². The molecular formula is C4H6N6O2. The highest BCUT2D eigenvalue weighted by molar-refractivity contribution is 6.34. The first-order chi connectivity index (χ1) is 5.70. The molecule has 1 aromatic rings. The number of carboxylic acid groups (broad SMARTS) is 1. The van der Waals surface area contributed by atoms with Gasteiger partial charge < -0.3 is 5.11 Å². The van der Waals surface area contributed by atoms with Crippen molar-refractivity contribution in [3.05, 3.63) is 0 Å². The van der Waals surface area contributed by atoms with Crippen LogP contribution in [0.5, 0.6) is 0 Å². The maximum atomic E-state index is 10.2. The van der Waals surface area contributed by atoms with Crippen LogP contribution in [0.15, 0.2) is 5.10 Å². The van der Waals surface area contributed by atoms with Gasteiger partial charge in [0.2, 0.25) is 0 Å². The highest BCUT2D eigenvalue weighted by Gasteiger charge is 2.01. The van der Waals surface area contributed by atoms with E-state index in [4.69, 9.17) is 5.11 Å². The molecular weight excluding hydrogens is 164 g/mol. The second-order valence-corrected chi connectivity index (χ2v) is 1.85. The third-order valence-corrected chi connectivity index (χ3v) is 0.978. The van der Waals surface area contributed by atoms with Crippen LogP contribution in [-0.2, 0) is 4.79 Å². The maximum absolute atomic E-state index is 10.2. The number of tetrazole rings is 1. The summed E-state index contributed by atoms with van der Waals surface area (Å²) in [5.74, 6) is -0.985. The van der Waals surface area contributed by atoms with Gasteiger partial charge >= 0.3 is 5.97 Å². The molecule has 1 rings (SSSR count). The summed E-state index contributed by atoms with van der Waals surface area (Å²) >= 11 is 0. The molecule has 12 heavy (non-hydrogen) atoms. The molecule has 8 nitrogen and oxygen atoms in total. The molecule has 0 aliphatic carbocycles. The van der Waals surface area contributed by atoms with Crippen LogP contribution in [0.4, 0.5) is 5.95 Å². The second kappa shape index (κ2) is 3.42. The Labute approximate surface area is 66.7 Å². The Morgan fingerprint density at radius 2 is 2.50 bits per heavy atom. The number of anilines is 1. The average molecular weight is 170 g/mol. The van der Waals surface area contributed by atoms with Gasteiger partial charge in [0.15, 0.2) is 0 Å². The molecule has 0 saturated heterocycles. The highest BCUT2D eigenvalue weighted by Crippen LogP contribution is 1.89. The molecule has 0 saturated carbocycles. The number of hydrazone groups is 1. The second-order valence-electron chi connectivity index (χ2n) is 1.85. The Morgan fingerprint density at radius 3 is 3.00 bits per heavy atom. The number of aliphatic carboxylic acids is 1. The van der Waals surface area contributed by atoms with Crippen molar-refractivity contribution in [2.75, 3.05) is 5.43 Å². The number of hydrogen-bond acceptors (Lipinski definition) is 6. The summed E-state index contributed by atoms with van der Waals surface area (Å²) in [7, 11) is 0. The predicted molar refractivity (Wildman–Crippen MR) is 38.5 cm³/mol. The van der Waals surface area contributed by atoms with Crippen LogP contribution in [0.25, 0.3) is 0 Å². The van der Waals surface area contributed by atoms with Gasteiger partial charge in [0, 0.05) is 0 Å². The van der Waals surface area contributed by atoms with E-state index in [0.29, 0.717) is 0 Å². The fourth-order valence-electron chi connectivity index (χ4n) is 0.391. The van der Waals surface area contributed by atoms with Crippen LogP contribution in [0, 0.1) is 0 Å². The minimum Gasteiger partial charge on any atom is -0.477 e. The van der Waals surface area contributed by atoms with E-state index >= 15 is 0 Å². The van der Waals surface area contributed by atoms with E-state index in [9.17, 15) is 4.79 Å². The number of H-pyrrole nitrogens is 1. The highest BCUT2D eigenvalue weighted by atomic mass is 16.4. The zero-order valence-corrected chi connectivity index (χ0v) is 6.14. The number of aromatic amines is 1. The SMILES string of the molecule is C/C(=N\Nc1nn[nH]n1)C(=O)O. The molecule has 0 fully saturated rings. The van der Waals surface area contributed by atoms with E-state index in [-0.39, 0.29) is 11.7 Å². The molecule has 0 bridgehead atoms. The Morgan fingerprint density at radius 1 is 1.75 bits per heavy atom. The molecule has 0 aliphatic rings. The lowest BCUT2D eigenvalue weighted by atomic mass is 10.4. The molecule has 0 amide bonds. The predicted octanol–water partition coefficient (Wildman–Crippen LogP) is -0.928. The molecule has 8 heteroatoms. The number of nitrogens with zero attached hydrogens (tertiary/aromatic N) is 4. The van der Waals surface area contributed by atoms with E-state index in [0.717, 1.165) is 0 Å². The Kier molecular flexibility index (Phi) is 2.31. The summed E-state index contributed by atoms with van der Waals surface area (Å²) in [5, 5.41) is 24.2. The van der Waals surface area contributed by atoms with Crippen LogP contribution in [0.3, 0.4) is 0 Å². The first-order valence-corrected chi connectivity index (χ1v) is 2.97. The van der Waals surface area contributed by atoms with Gasteiger partial charge in [-0.15, -0.1) is 5.10 Å².